The van der Waals surface area contributed by atoms with Crippen molar-refractivity contribution in [3.63, 3.8) is 0 Å². The van der Waals surface area contributed by atoms with Gasteiger partial charge in [-0.05, 0) is 52.9 Å². The van der Waals surface area contributed by atoms with Crippen molar-refractivity contribution in [2.45, 2.75) is 0 Å². The maximum absolute atomic E-state index is 11.0. The standard InChI is InChI=1S/C13H7ClINO5/c14-8-2-4-11(10(6-8)16(19)20)21-12-5-7(13(17)18)1-3-9(12)15/h1-6H,(H,17,18). The van der Waals surface area contributed by atoms with Gasteiger partial charge in [-0.3, -0.25) is 10.1 Å². The van der Waals surface area contributed by atoms with E-state index in [2.05, 4.69) is 0 Å². The molecule has 0 saturated carbocycles. The molecule has 8 heteroatoms. The van der Waals surface area contributed by atoms with Crippen LogP contribution in [-0.4, -0.2) is 16.0 Å². The number of nitro benzene ring substituents is 1. The summed E-state index contributed by atoms with van der Waals surface area (Å²) in [6.45, 7) is 0. The van der Waals surface area contributed by atoms with Crippen LogP contribution >= 0.6 is 34.2 Å². The lowest BCUT2D eigenvalue weighted by atomic mass is 10.2. The molecule has 2 rings (SSSR count). The fourth-order valence-corrected chi connectivity index (χ4v) is 2.16. The van der Waals surface area contributed by atoms with Crippen LogP contribution in [0.25, 0.3) is 0 Å². The van der Waals surface area contributed by atoms with Crippen molar-refractivity contribution in [1.29, 1.82) is 0 Å². The molecule has 0 saturated heterocycles. The number of hydrogen-bond donors (Lipinski definition) is 1. The van der Waals surface area contributed by atoms with E-state index in [-0.39, 0.29) is 27.8 Å². The maximum Gasteiger partial charge on any atom is 0.335 e. The first-order valence-electron chi connectivity index (χ1n) is 5.53. The minimum atomic E-state index is -1.11. The van der Waals surface area contributed by atoms with Crippen molar-refractivity contribution in [3.05, 3.63) is 60.7 Å². The number of rotatable bonds is 4. The molecule has 0 spiro atoms. The van der Waals surface area contributed by atoms with Gasteiger partial charge in [-0.15, -0.1) is 0 Å². The number of halogens is 2. The number of hydrogen-bond acceptors (Lipinski definition) is 4. The number of benzene rings is 2. The second kappa shape index (κ2) is 6.27. The van der Waals surface area contributed by atoms with Crippen LogP contribution in [0.3, 0.4) is 0 Å². The number of carboxylic acids is 1. The summed E-state index contributed by atoms with van der Waals surface area (Å²) >= 11 is 7.67. The van der Waals surface area contributed by atoms with Crippen LogP contribution in [0.2, 0.25) is 5.02 Å². The highest BCUT2D eigenvalue weighted by Gasteiger charge is 2.18. The Hall–Kier alpha value is -1.87. The average molecular weight is 420 g/mol. The number of ether oxygens (including phenoxy) is 1. The molecule has 0 aliphatic rings. The molecule has 0 heterocycles. The molecular formula is C13H7ClINO5. The lowest BCUT2D eigenvalue weighted by molar-refractivity contribution is -0.385. The lowest BCUT2D eigenvalue weighted by Crippen LogP contribution is -1.99. The van der Waals surface area contributed by atoms with Gasteiger partial charge < -0.3 is 9.84 Å². The molecule has 21 heavy (non-hydrogen) atoms. The van der Waals surface area contributed by atoms with Crippen LogP contribution in [0.15, 0.2) is 36.4 Å². The fourth-order valence-electron chi connectivity index (χ4n) is 1.55. The lowest BCUT2D eigenvalue weighted by Gasteiger charge is -2.09. The molecule has 108 valence electrons. The van der Waals surface area contributed by atoms with E-state index >= 15 is 0 Å². The highest BCUT2D eigenvalue weighted by atomic mass is 127. The molecule has 0 bridgehead atoms. The largest absolute Gasteiger partial charge is 0.478 e. The first kappa shape index (κ1) is 15.5. The third-order valence-corrected chi connectivity index (χ3v) is 3.64. The van der Waals surface area contributed by atoms with E-state index in [1.807, 2.05) is 22.6 Å². The third kappa shape index (κ3) is 3.61. The molecule has 2 aromatic carbocycles. The van der Waals surface area contributed by atoms with Gasteiger partial charge in [0, 0.05) is 11.1 Å². The van der Waals surface area contributed by atoms with Gasteiger partial charge in [0.15, 0.2) is 0 Å². The first-order chi connectivity index (χ1) is 9.88. The summed E-state index contributed by atoms with van der Waals surface area (Å²) in [5.74, 6) is -0.896. The highest BCUT2D eigenvalue weighted by Crippen LogP contribution is 2.35. The van der Waals surface area contributed by atoms with Crippen molar-refractivity contribution < 1.29 is 19.6 Å². The van der Waals surface area contributed by atoms with E-state index in [4.69, 9.17) is 21.4 Å². The zero-order chi connectivity index (χ0) is 15.6. The molecular weight excluding hydrogens is 413 g/mol. The topological polar surface area (TPSA) is 89.7 Å². The Morgan fingerprint density at radius 2 is 1.95 bits per heavy atom. The van der Waals surface area contributed by atoms with Gasteiger partial charge in [-0.25, -0.2) is 4.79 Å². The van der Waals surface area contributed by atoms with Gasteiger partial charge in [0.1, 0.15) is 5.75 Å². The van der Waals surface area contributed by atoms with E-state index in [1.165, 1.54) is 30.3 Å². The molecule has 0 amide bonds. The van der Waals surface area contributed by atoms with Crippen LogP contribution in [-0.2, 0) is 0 Å². The Labute approximate surface area is 137 Å². The van der Waals surface area contributed by atoms with Crippen molar-refractivity contribution in [3.8, 4) is 11.5 Å². The molecule has 0 aromatic heterocycles. The molecule has 0 unspecified atom stereocenters. The van der Waals surface area contributed by atoms with Gasteiger partial charge in [-0.1, -0.05) is 11.6 Å². The summed E-state index contributed by atoms with van der Waals surface area (Å²) in [6, 6.07) is 8.28. The normalized spacial score (nSPS) is 10.2. The minimum absolute atomic E-state index is 0.00939. The maximum atomic E-state index is 11.0. The summed E-state index contributed by atoms with van der Waals surface area (Å²) in [7, 11) is 0. The van der Waals surface area contributed by atoms with Crippen LogP contribution < -0.4 is 4.74 Å². The molecule has 0 aliphatic carbocycles. The van der Waals surface area contributed by atoms with Crippen LogP contribution in [0.1, 0.15) is 10.4 Å². The van der Waals surface area contributed by atoms with Crippen molar-refractivity contribution in [2.24, 2.45) is 0 Å². The Morgan fingerprint density at radius 3 is 2.57 bits per heavy atom. The van der Waals surface area contributed by atoms with Gasteiger partial charge in [0.05, 0.1) is 14.1 Å². The molecule has 0 atom stereocenters. The summed E-state index contributed by atoms with van der Waals surface area (Å²) < 4.78 is 6.10. The summed E-state index contributed by atoms with van der Waals surface area (Å²) in [6.07, 6.45) is 0. The van der Waals surface area contributed by atoms with Crippen LogP contribution in [0.4, 0.5) is 5.69 Å². The Kier molecular flexibility index (Phi) is 4.63. The minimum Gasteiger partial charge on any atom is -0.478 e. The number of carboxylic acid groups (broad SMARTS) is 1. The molecule has 6 nitrogen and oxygen atoms in total. The summed E-state index contributed by atoms with van der Waals surface area (Å²) in [4.78, 5) is 21.3. The SMILES string of the molecule is O=C(O)c1ccc(I)c(Oc2ccc(Cl)cc2[N+](=O)[O-])c1. The van der Waals surface area contributed by atoms with Crippen molar-refractivity contribution >= 4 is 45.8 Å². The Morgan fingerprint density at radius 1 is 1.24 bits per heavy atom. The van der Waals surface area contributed by atoms with E-state index in [1.54, 1.807) is 6.07 Å². The number of carbonyl (C=O) groups is 1. The number of aromatic carboxylic acids is 1. The smallest absolute Gasteiger partial charge is 0.335 e. The van der Waals surface area contributed by atoms with Gasteiger partial charge >= 0.3 is 11.7 Å². The zero-order valence-electron chi connectivity index (χ0n) is 10.2. The molecule has 1 N–H and O–H groups in total. The second-order valence-electron chi connectivity index (χ2n) is 3.92. The molecule has 2 aromatic rings. The first-order valence-corrected chi connectivity index (χ1v) is 6.99. The molecule has 0 radical (unpaired) electrons. The van der Waals surface area contributed by atoms with Gasteiger partial charge in [-0.2, -0.15) is 0 Å². The third-order valence-electron chi connectivity index (χ3n) is 2.52. The average Bonchev–Trinajstić information content (AvgIpc) is 2.42. The predicted octanol–water partition coefficient (Wildman–Crippen LogP) is 4.34. The van der Waals surface area contributed by atoms with E-state index in [9.17, 15) is 14.9 Å². The van der Waals surface area contributed by atoms with Gasteiger partial charge in [0.2, 0.25) is 5.75 Å². The second-order valence-corrected chi connectivity index (χ2v) is 5.52. The summed E-state index contributed by atoms with van der Waals surface area (Å²) in [5, 5.41) is 20.2. The van der Waals surface area contributed by atoms with Gasteiger partial charge in [0.25, 0.3) is 0 Å². The fraction of sp³-hybridized carbons (Fsp3) is 0. The van der Waals surface area contributed by atoms with Crippen molar-refractivity contribution in [2.75, 3.05) is 0 Å². The van der Waals surface area contributed by atoms with E-state index in [0.717, 1.165) is 0 Å². The Balaban J connectivity index is 2.45. The zero-order valence-corrected chi connectivity index (χ0v) is 13.2. The van der Waals surface area contributed by atoms with Crippen LogP contribution in [0.5, 0.6) is 11.5 Å². The quantitative estimate of drug-likeness (QED) is 0.452. The van der Waals surface area contributed by atoms with Crippen LogP contribution in [0, 0.1) is 13.7 Å². The highest BCUT2D eigenvalue weighted by molar-refractivity contribution is 14.1. The molecule has 0 fully saturated rings. The van der Waals surface area contributed by atoms with Crippen molar-refractivity contribution in [1.82, 2.24) is 0 Å². The van der Waals surface area contributed by atoms with E-state index in [0.29, 0.717) is 3.57 Å². The Bertz CT molecular complexity index is 734. The number of nitro groups is 1. The van der Waals surface area contributed by atoms with E-state index < -0.39 is 10.9 Å². The monoisotopic (exact) mass is 419 g/mol. The predicted molar refractivity (Wildman–Crippen MR) is 84.3 cm³/mol. The summed E-state index contributed by atoms with van der Waals surface area (Å²) in [5.41, 5.74) is -0.263. The number of nitrogens with zero attached hydrogens (tertiary/aromatic N) is 1. The molecule has 0 aliphatic heterocycles.